The molecule has 0 unspecified atom stereocenters. The fourth-order valence-corrected chi connectivity index (χ4v) is 3.17. The van der Waals surface area contributed by atoms with Gasteiger partial charge in [0.1, 0.15) is 5.75 Å². The van der Waals surface area contributed by atoms with Gasteiger partial charge in [-0.05, 0) is 24.7 Å². The maximum Gasteiger partial charge on any atom is 0.227 e. The van der Waals surface area contributed by atoms with E-state index in [0.717, 1.165) is 30.0 Å². The highest BCUT2D eigenvalue weighted by atomic mass is 16.5. The van der Waals surface area contributed by atoms with E-state index < -0.39 is 0 Å². The first kappa shape index (κ1) is 16.5. The zero-order valence-corrected chi connectivity index (χ0v) is 14.2. The number of para-hydroxylation sites is 1. The standard InChI is InChI=1S/C19H23N3O2/c1-21-10-11-22(19(23)12-15-6-5-9-20-13-15)14-17(21)16-7-3-4-8-18(16)24-2/h3-9,13,17H,10-12,14H2,1-2H3/t17-/m1/s1. The van der Waals surface area contributed by atoms with Crippen LogP contribution < -0.4 is 4.74 Å². The molecule has 1 fully saturated rings. The number of carbonyl (C=O) groups excluding carboxylic acids is 1. The van der Waals surface area contributed by atoms with Crippen LogP contribution in [0.4, 0.5) is 0 Å². The number of hydrogen-bond acceptors (Lipinski definition) is 4. The highest BCUT2D eigenvalue weighted by Gasteiger charge is 2.30. The van der Waals surface area contributed by atoms with Gasteiger partial charge in [-0.3, -0.25) is 14.7 Å². The summed E-state index contributed by atoms with van der Waals surface area (Å²) in [7, 11) is 3.78. The van der Waals surface area contributed by atoms with Gasteiger partial charge in [0.25, 0.3) is 0 Å². The Morgan fingerprint density at radius 1 is 1.25 bits per heavy atom. The number of ether oxygens (including phenoxy) is 1. The Morgan fingerprint density at radius 2 is 2.08 bits per heavy atom. The molecule has 5 nitrogen and oxygen atoms in total. The van der Waals surface area contributed by atoms with Crippen molar-refractivity contribution in [1.82, 2.24) is 14.8 Å². The van der Waals surface area contributed by atoms with E-state index in [1.165, 1.54) is 0 Å². The maximum absolute atomic E-state index is 12.7. The van der Waals surface area contributed by atoms with Crippen LogP contribution in [-0.4, -0.2) is 54.5 Å². The van der Waals surface area contributed by atoms with Gasteiger partial charge in [0.15, 0.2) is 0 Å². The van der Waals surface area contributed by atoms with Crippen molar-refractivity contribution in [2.45, 2.75) is 12.5 Å². The molecule has 1 atom stereocenters. The third-order valence-corrected chi connectivity index (χ3v) is 4.58. The predicted octanol–water partition coefficient (Wildman–Crippen LogP) is 2.15. The zero-order chi connectivity index (χ0) is 16.9. The Balaban J connectivity index is 1.74. The first-order valence-electron chi connectivity index (χ1n) is 8.19. The summed E-state index contributed by atoms with van der Waals surface area (Å²) in [6, 6.07) is 12.0. The first-order valence-corrected chi connectivity index (χ1v) is 8.19. The highest BCUT2D eigenvalue weighted by Crippen LogP contribution is 2.31. The molecule has 0 N–H and O–H groups in total. The van der Waals surface area contributed by atoms with E-state index in [9.17, 15) is 4.79 Å². The Labute approximate surface area is 142 Å². The molecule has 3 rings (SSSR count). The molecule has 1 aliphatic heterocycles. The minimum atomic E-state index is 0.146. The van der Waals surface area contributed by atoms with Gasteiger partial charge in [-0.15, -0.1) is 0 Å². The second-order valence-corrected chi connectivity index (χ2v) is 6.12. The van der Waals surface area contributed by atoms with Gasteiger partial charge in [-0.25, -0.2) is 0 Å². The van der Waals surface area contributed by atoms with Crippen molar-refractivity contribution in [2.24, 2.45) is 0 Å². The molecule has 1 aromatic heterocycles. The normalized spacial score (nSPS) is 18.4. The molecule has 1 saturated heterocycles. The van der Waals surface area contributed by atoms with Crippen LogP contribution in [-0.2, 0) is 11.2 Å². The molecule has 0 radical (unpaired) electrons. The minimum Gasteiger partial charge on any atom is -0.496 e. The average Bonchev–Trinajstić information content (AvgIpc) is 2.63. The van der Waals surface area contributed by atoms with Crippen LogP contribution in [0.25, 0.3) is 0 Å². The summed E-state index contributed by atoms with van der Waals surface area (Å²) in [5.74, 6) is 1.02. The molecule has 5 heteroatoms. The number of nitrogens with zero attached hydrogens (tertiary/aromatic N) is 3. The second-order valence-electron chi connectivity index (χ2n) is 6.12. The molecule has 1 aromatic carbocycles. The van der Waals surface area contributed by atoms with E-state index in [1.807, 2.05) is 35.2 Å². The van der Waals surface area contributed by atoms with E-state index in [2.05, 4.69) is 23.0 Å². The average molecular weight is 325 g/mol. The molecule has 0 saturated carbocycles. The fraction of sp³-hybridized carbons (Fsp3) is 0.368. The number of carbonyl (C=O) groups is 1. The van der Waals surface area contributed by atoms with Gasteiger partial charge in [-0.1, -0.05) is 24.3 Å². The number of hydrogen-bond donors (Lipinski definition) is 0. The minimum absolute atomic E-state index is 0.146. The number of benzene rings is 1. The Morgan fingerprint density at radius 3 is 2.83 bits per heavy atom. The smallest absolute Gasteiger partial charge is 0.227 e. The van der Waals surface area contributed by atoms with Crippen molar-refractivity contribution in [3.8, 4) is 5.75 Å². The lowest BCUT2D eigenvalue weighted by atomic mass is 10.0. The SMILES string of the molecule is COc1ccccc1[C@H]1CN(C(=O)Cc2cccnc2)CCN1C. The lowest BCUT2D eigenvalue weighted by molar-refractivity contribution is -0.133. The molecule has 0 bridgehead atoms. The highest BCUT2D eigenvalue weighted by molar-refractivity contribution is 5.78. The summed E-state index contributed by atoms with van der Waals surface area (Å²) < 4.78 is 5.50. The largest absolute Gasteiger partial charge is 0.496 e. The van der Waals surface area contributed by atoms with Crippen LogP contribution in [0.5, 0.6) is 5.75 Å². The monoisotopic (exact) mass is 325 g/mol. The van der Waals surface area contributed by atoms with E-state index in [-0.39, 0.29) is 11.9 Å². The number of aromatic nitrogens is 1. The quantitative estimate of drug-likeness (QED) is 0.864. The Hall–Kier alpha value is -2.40. The molecule has 0 aliphatic carbocycles. The summed E-state index contributed by atoms with van der Waals surface area (Å²) in [5.41, 5.74) is 2.08. The summed E-state index contributed by atoms with van der Waals surface area (Å²) >= 11 is 0. The molecular weight excluding hydrogens is 302 g/mol. The van der Waals surface area contributed by atoms with E-state index in [0.29, 0.717) is 13.0 Å². The van der Waals surface area contributed by atoms with Gasteiger partial charge in [0.2, 0.25) is 5.91 Å². The number of methoxy groups -OCH3 is 1. The van der Waals surface area contributed by atoms with Gasteiger partial charge in [0.05, 0.1) is 19.6 Å². The molecule has 1 aliphatic rings. The molecule has 1 amide bonds. The fourth-order valence-electron chi connectivity index (χ4n) is 3.17. The van der Waals surface area contributed by atoms with E-state index in [1.54, 1.807) is 19.5 Å². The van der Waals surface area contributed by atoms with Crippen LogP contribution in [0, 0.1) is 0 Å². The molecule has 2 aromatic rings. The van der Waals surface area contributed by atoms with Crippen LogP contribution in [0.15, 0.2) is 48.8 Å². The Bertz CT molecular complexity index is 690. The summed E-state index contributed by atoms with van der Waals surface area (Å²) in [6.07, 6.45) is 3.88. The number of amides is 1. The first-order chi connectivity index (χ1) is 11.7. The maximum atomic E-state index is 12.7. The van der Waals surface area contributed by atoms with Crippen LogP contribution in [0.3, 0.4) is 0 Å². The van der Waals surface area contributed by atoms with Gasteiger partial charge in [-0.2, -0.15) is 0 Å². The number of piperazine rings is 1. The van der Waals surface area contributed by atoms with Crippen LogP contribution in [0.2, 0.25) is 0 Å². The van der Waals surface area contributed by atoms with Crippen molar-refractivity contribution in [3.63, 3.8) is 0 Å². The molecular formula is C19H23N3O2. The number of rotatable bonds is 4. The Kier molecular flexibility index (Phi) is 5.11. The third kappa shape index (κ3) is 3.57. The molecule has 2 heterocycles. The lowest BCUT2D eigenvalue weighted by Gasteiger charge is -2.40. The van der Waals surface area contributed by atoms with Gasteiger partial charge < -0.3 is 9.64 Å². The van der Waals surface area contributed by atoms with E-state index >= 15 is 0 Å². The zero-order valence-electron chi connectivity index (χ0n) is 14.2. The molecule has 24 heavy (non-hydrogen) atoms. The van der Waals surface area contributed by atoms with Gasteiger partial charge >= 0.3 is 0 Å². The van der Waals surface area contributed by atoms with Crippen molar-refractivity contribution in [3.05, 3.63) is 59.9 Å². The number of likely N-dealkylation sites (N-methyl/N-ethyl adjacent to an activating group) is 1. The third-order valence-electron chi connectivity index (χ3n) is 4.58. The van der Waals surface area contributed by atoms with Crippen molar-refractivity contribution >= 4 is 5.91 Å². The second kappa shape index (κ2) is 7.45. The topological polar surface area (TPSA) is 45.7 Å². The molecule has 126 valence electrons. The van der Waals surface area contributed by atoms with Gasteiger partial charge in [0, 0.05) is 37.6 Å². The summed E-state index contributed by atoms with van der Waals surface area (Å²) in [6.45, 7) is 2.28. The van der Waals surface area contributed by atoms with Crippen molar-refractivity contribution < 1.29 is 9.53 Å². The van der Waals surface area contributed by atoms with Crippen LogP contribution in [0.1, 0.15) is 17.2 Å². The van der Waals surface area contributed by atoms with Crippen molar-refractivity contribution in [1.29, 1.82) is 0 Å². The lowest BCUT2D eigenvalue weighted by Crippen LogP contribution is -2.49. The number of pyridine rings is 1. The van der Waals surface area contributed by atoms with Crippen LogP contribution >= 0.6 is 0 Å². The summed E-state index contributed by atoms with van der Waals surface area (Å²) in [4.78, 5) is 21.0. The summed E-state index contributed by atoms with van der Waals surface area (Å²) in [5, 5.41) is 0. The predicted molar refractivity (Wildman–Crippen MR) is 92.9 cm³/mol. The van der Waals surface area contributed by atoms with E-state index in [4.69, 9.17) is 4.74 Å². The van der Waals surface area contributed by atoms with Crippen molar-refractivity contribution in [2.75, 3.05) is 33.8 Å². The molecule has 0 spiro atoms.